The van der Waals surface area contributed by atoms with Crippen molar-refractivity contribution in [3.63, 3.8) is 0 Å². The monoisotopic (exact) mass is 330 g/mol. The number of aliphatic carboxylic acids is 2. The second kappa shape index (κ2) is 5.66. The van der Waals surface area contributed by atoms with E-state index in [0.29, 0.717) is 17.8 Å². The fraction of sp³-hybridized carbons (Fsp3) is 0.857. The van der Waals surface area contributed by atoms with Crippen LogP contribution in [0.3, 0.4) is 0 Å². The van der Waals surface area contributed by atoms with Gasteiger partial charge in [-0.05, 0) is 56.3 Å². The molecule has 4 saturated carbocycles. The minimum absolute atomic E-state index is 0. The van der Waals surface area contributed by atoms with Crippen LogP contribution in [0.4, 0.5) is 0 Å². The molecule has 0 amide bonds. The minimum Gasteiger partial charge on any atom is -0.480 e. The average molecular weight is 331 g/mol. The Bertz CT molecular complexity index is 361. The molecule has 4 aliphatic carbocycles. The Labute approximate surface area is 129 Å². The van der Waals surface area contributed by atoms with Crippen LogP contribution in [0.2, 0.25) is 0 Å². The molecule has 0 unspecified atom stereocenters. The predicted molar refractivity (Wildman–Crippen MR) is 67.7 cm³/mol. The normalized spacial score (nSPS) is 37.8. The first-order chi connectivity index (χ1) is 8.97. The van der Waals surface area contributed by atoms with Crippen molar-refractivity contribution in [2.24, 2.45) is 17.8 Å². The number of rotatable bonds is 5. The predicted octanol–water partition coefficient (Wildman–Crippen LogP) is 1.42. The molecule has 0 aromatic heterocycles. The summed E-state index contributed by atoms with van der Waals surface area (Å²) in [5, 5.41) is 18.1. The van der Waals surface area contributed by atoms with E-state index in [9.17, 15) is 9.59 Å². The van der Waals surface area contributed by atoms with Gasteiger partial charge in [-0.25, -0.2) is 0 Å². The van der Waals surface area contributed by atoms with E-state index in [2.05, 4.69) is 0 Å². The third-order valence-electron chi connectivity index (χ3n) is 5.33. The molecule has 0 spiro atoms. The van der Waals surface area contributed by atoms with E-state index < -0.39 is 11.9 Å². The maximum atomic E-state index is 11.0. The van der Waals surface area contributed by atoms with Gasteiger partial charge in [-0.1, -0.05) is 0 Å². The van der Waals surface area contributed by atoms with Crippen LogP contribution < -0.4 is 0 Å². The number of carboxylic acid groups (broad SMARTS) is 2. The fourth-order valence-electron chi connectivity index (χ4n) is 5.17. The Balaban J connectivity index is 0.00000147. The van der Waals surface area contributed by atoms with Crippen LogP contribution in [0, 0.1) is 17.8 Å². The van der Waals surface area contributed by atoms with Crippen molar-refractivity contribution in [3.05, 3.63) is 0 Å². The summed E-state index contributed by atoms with van der Waals surface area (Å²) in [7, 11) is 0. The van der Waals surface area contributed by atoms with Crippen LogP contribution in [0.5, 0.6) is 0 Å². The van der Waals surface area contributed by atoms with Gasteiger partial charge in [0.2, 0.25) is 0 Å². The molecule has 4 bridgehead atoms. The second-order valence-corrected chi connectivity index (χ2v) is 6.79. The molecule has 0 aliphatic heterocycles. The van der Waals surface area contributed by atoms with Crippen LogP contribution in [-0.2, 0) is 26.7 Å². The van der Waals surface area contributed by atoms with Crippen molar-refractivity contribution in [2.45, 2.75) is 44.1 Å². The zero-order chi connectivity index (χ0) is 13.6. The van der Waals surface area contributed by atoms with Crippen LogP contribution in [0.15, 0.2) is 0 Å². The van der Waals surface area contributed by atoms with Gasteiger partial charge in [-0.3, -0.25) is 14.5 Å². The van der Waals surface area contributed by atoms with Gasteiger partial charge in [0, 0.05) is 5.54 Å². The van der Waals surface area contributed by atoms with E-state index in [0.717, 1.165) is 19.3 Å². The number of carboxylic acids is 2. The van der Waals surface area contributed by atoms with Crippen molar-refractivity contribution >= 4 is 11.9 Å². The molecule has 20 heavy (non-hydrogen) atoms. The third kappa shape index (κ3) is 2.87. The summed E-state index contributed by atoms with van der Waals surface area (Å²) in [6.07, 6.45) is 6.81. The summed E-state index contributed by atoms with van der Waals surface area (Å²) in [6.45, 7) is -0.281. The number of nitrogens with zero attached hydrogens (tertiary/aromatic N) is 1. The van der Waals surface area contributed by atoms with Gasteiger partial charge in [0.1, 0.15) is 0 Å². The summed E-state index contributed by atoms with van der Waals surface area (Å²) in [6, 6.07) is 0. The van der Waals surface area contributed by atoms with Gasteiger partial charge < -0.3 is 10.2 Å². The molecule has 4 rings (SSSR count). The first kappa shape index (κ1) is 15.8. The molecular formula is C14H21CuNO4+. The Morgan fingerprint density at radius 3 is 1.55 bits per heavy atom. The molecule has 0 saturated heterocycles. The quantitative estimate of drug-likeness (QED) is 0.745. The molecule has 2 N–H and O–H groups in total. The van der Waals surface area contributed by atoms with Crippen molar-refractivity contribution in [1.29, 1.82) is 0 Å². The Hall–Kier alpha value is -0.581. The Morgan fingerprint density at radius 2 is 1.25 bits per heavy atom. The summed E-state index contributed by atoms with van der Waals surface area (Å²) in [5.74, 6) is 0.234. The smallest absolute Gasteiger partial charge is 0.480 e. The largest absolute Gasteiger partial charge is 1.00 e. The van der Waals surface area contributed by atoms with Crippen LogP contribution in [0.25, 0.3) is 0 Å². The van der Waals surface area contributed by atoms with Crippen LogP contribution in [0.1, 0.15) is 38.5 Å². The van der Waals surface area contributed by atoms with E-state index in [4.69, 9.17) is 10.2 Å². The zero-order valence-corrected chi connectivity index (χ0v) is 12.3. The zero-order valence-electron chi connectivity index (χ0n) is 11.3. The third-order valence-corrected chi connectivity index (χ3v) is 5.33. The maximum absolute atomic E-state index is 11.0. The fourth-order valence-corrected chi connectivity index (χ4v) is 5.17. The van der Waals surface area contributed by atoms with Crippen LogP contribution in [-0.4, -0.2) is 45.7 Å². The number of carbonyl (C=O) groups is 2. The van der Waals surface area contributed by atoms with Crippen molar-refractivity contribution in [3.8, 4) is 0 Å². The summed E-state index contributed by atoms with van der Waals surface area (Å²) in [5.41, 5.74) is -0.147. The SMILES string of the molecule is O=C(O)CN(CC(=O)O)C12CC3CC(CC(C3)C1)C2.[Cu+]. The second-order valence-electron chi connectivity index (χ2n) is 6.79. The van der Waals surface area contributed by atoms with Gasteiger partial charge in [-0.2, -0.15) is 0 Å². The van der Waals surface area contributed by atoms with E-state index in [-0.39, 0.29) is 35.7 Å². The molecule has 5 nitrogen and oxygen atoms in total. The van der Waals surface area contributed by atoms with Crippen molar-refractivity contribution < 1.29 is 36.9 Å². The minimum atomic E-state index is -0.919. The molecule has 116 valence electrons. The molecule has 0 aromatic carbocycles. The summed E-state index contributed by atoms with van der Waals surface area (Å²) in [4.78, 5) is 23.8. The molecule has 4 aliphatic rings. The van der Waals surface area contributed by atoms with Gasteiger partial charge in [0.15, 0.2) is 0 Å². The molecule has 6 heteroatoms. The van der Waals surface area contributed by atoms with Gasteiger partial charge in [0.05, 0.1) is 13.1 Å². The topological polar surface area (TPSA) is 77.8 Å². The molecular weight excluding hydrogens is 310 g/mol. The first-order valence-electron chi connectivity index (χ1n) is 7.15. The van der Waals surface area contributed by atoms with E-state index in [1.807, 2.05) is 0 Å². The average Bonchev–Trinajstić information content (AvgIpc) is 2.24. The van der Waals surface area contributed by atoms with Gasteiger partial charge >= 0.3 is 29.0 Å². The number of hydrogen-bond donors (Lipinski definition) is 2. The number of hydrogen-bond acceptors (Lipinski definition) is 3. The standard InChI is InChI=1S/C14H21NO4.Cu/c16-12(17)7-15(8-13(18)19)14-4-9-1-10(5-14)3-11(2-9)6-14;/h9-11H,1-8H2,(H,16,17)(H,18,19);/q;+1. The molecule has 0 radical (unpaired) electrons. The first-order valence-corrected chi connectivity index (χ1v) is 7.15. The van der Waals surface area contributed by atoms with Crippen LogP contribution >= 0.6 is 0 Å². The molecule has 0 atom stereocenters. The molecule has 4 fully saturated rings. The van der Waals surface area contributed by atoms with Crippen molar-refractivity contribution in [1.82, 2.24) is 4.90 Å². The molecule has 0 heterocycles. The summed E-state index contributed by atoms with van der Waals surface area (Å²) < 4.78 is 0. The van der Waals surface area contributed by atoms with E-state index in [1.54, 1.807) is 4.90 Å². The van der Waals surface area contributed by atoms with Gasteiger partial charge in [-0.15, -0.1) is 0 Å². The Morgan fingerprint density at radius 1 is 0.900 bits per heavy atom. The maximum Gasteiger partial charge on any atom is 1.00 e. The Kier molecular flexibility index (Phi) is 4.47. The van der Waals surface area contributed by atoms with E-state index in [1.165, 1.54) is 19.3 Å². The van der Waals surface area contributed by atoms with E-state index >= 15 is 0 Å². The summed E-state index contributed by atoms with van der Waals surface area (Å²) >= 11 is 0. The molecule has 0 aromatic rings. The van der Waals surface area contributed by atoms with Crippen molar-refractivity contribution in [2.75, 3.05) is 13.1 Å². The van der Waals surface area contributed by atoms with Gasteiger partial charge in [0.25, 0.3) is 0 Å².